The van der Waals surface area contributed by atoms with Crippen molar-refractivity contribution in [3.63, 3.8) is 0 Å². The van der Waals surface area contributed by atoms with Crippen LogP contribution in [0.2, 0.25) is 0 Å². The number of primary amides is 1. The first-order valence-electron chi connectivity index (χ1n) is 7.45. The van der Waals surface area contributed by atoms with E-state index in [-0.39, 0.29) is 18.0 Å². The van der Waals surface area contributed by atoms with Crippen molar-refractivity contribution in [2.45, 2.75) is 31.9 Å². The number of halogens is 1. The van der Waals surface area contributed by atoms with Crippen molar-refractivity contribution in [3.05, 3.63) is 35.1 Å². The van der Waals surface area contributed by atoms with Crippen LogP contribution >= 0.6 is 0 Å². The molecule has 2 amide bonds. The number of benzene rings is 1. The van der Waals surface area contributed by atoms with Crippen LogP contribution in [0.3, 0.4) is 0 Å². The minimum atomic E-state index is -0.455. The van der Waals surface area contributed by atoms with Crippen LogP contribution in [0.4, 0.5) is 9.18 Å². The second kappa shape index (κ2) is 7.56. The Bertz CT molecular complexity index is 524. The molecule has 2 N–H and O–H groups in total. The van der Waals surface area contributed by atoms with Crippen molar-refractivity contribution in [1.29, 1.82) is 0 Å². The molecule has 1 aromatic carbocycles. The van der Waals surface area contributed by atoms with Crippen LogP contribution in [0.1, 0.15) is 30.0 Å². The summed E-state index contributed by atoms with van der Waals surface area (Å²) in [5, 5.41) is 0. The molecule has 0 aliphatic carbocycles. The Hall–Kier alpha value is -1.66. The van der Waals surface area contributed by atoms with Gasteiger partial charge in [0.05, 0.1) is 25.4 Å². The summed E-state index contributed by atoms with van der Waals surface area (Å²) in [5.41, 5.74) is 7.22. The second-order valence-electron chi connectivity index (χ2n) is 5.56. The molecule has 122 valence electrons. The Morgan fingerprint density at radius 3 is 2.86 bits per heavy atom. The zero-order valence-electron chi connectivity index (χ0n) is 13.0. The molecule has 2 unspecified atom stereocenters. The van der Waals surface area contributed by atoms with Crippen LogP contribution in [0.15, 0.2) is 18.2 Å². The van der Waals surface area contributed by atoms with Crippen molar-refractivity contribution in [1.82, 2.24) is 4.90 Å². The number of amides is 2. The lowest BCUT2D eigenvalue weighted by Crippen LogP contribution is -2.46. The lowest BCUT2D eigenvalue weighted by molar-refractivity contribution is -0.0235. The molecule has 1 saturated heterocycles. The number of hydrogen-bond acceptors (Lipinski definition) is 3. The van der Waals surface area contributed by atoms with Crippen molar-refractivity contribution in [2.24, 2.45) is 5.73 Å². The van der Waals surface area contributed by atoms with Gasteiger partial charge in [-0.2, -0.15) is 0 Å². The monoisotopic (exact) mass is 310 g/mol. The van der Waals surface area contributed by atoms with Gasteiger partial charge in [0.2, 0.25) is 0 Å². The molecule has 0 radical (unpaired) electrons. The lowest BCUT2D eigenvalue weighted by Gasteiger charge is -2.39. The fourth-order valence-electron chi connectivity index (χ4n) is 2.95. The van der Waals surface area contributed by atoms with Crippen molar-refractivity contribution in [2.75, 3.05) is 26.9 Å². The third kappa shape index (κ3) is 3.96. The minimum absolute atomic E-state index is 0.0419. The maximum Gasteiger partial charge on any atom is 0.315 e. The van der Waals surface area contributed by atoms with Gasteiger partial charge in [0.15, 0.2) is 0 Å². The van der Waals surface area contributed by atoms with Gasteiger partial charge in [0.25, 0.3) is 0 Å². The number of ether oxygens (including phenoxy) is 2. The number of nitrogens with two attached hydrogens (primary N) is 1. The van der Waals surface area contributed by atoms with Crippen molar-refractivity contribution in [3.8, 4) is 0 Å². The van der Waals surface area contributed by atoms with E-state index in [0.29, 0.717) is 26.2 Å². The minimum Gasteiger partial charge on any atom is -0.382 e. The molecule has 0 spiro atoms. The highest BCUT2D eigenvalue weighted by Crippen LogP contribution is 2.34. The van der Waals surface area contributed by atoms with E-state index in [0.717, 1.165) is 17.5 Å². The first-order valence-corrected chi connectivity index (χ1v) is 7.45. The van der Waals surface area contributed by atoms with Gasteiger partial charge in [-0.3, -0.25) is 0 Å². The summed E-state index contributed by atoms with van der Waals surface area (Å²) in [7, 11) is 1.63. The normalized spacial score (nSPS) is 21.9. The summed E-state index contributed by atoms with van der Waals surface area (Å²) in [6.07, 6.45) is 1.43. The van der Waals surface area contributed by atoms with E-state index in [1.165, 1.54) is 12.1 Å². The predicted octanol–water partition coefficient (Wildman–Crippen LogP) is 2.38. The topological polar surface area (TPSA) is 64.8 Å². The molecule has 2 rings (SSSR count). The molecule has 0 bridgehead atoms. The number of nitrogens with zero attached hydrogens (tertiary/aromatic N) is 1. The molecule has 1 fully saturated rings. The molecular weight excluding hydrogens is 287 g/mol. The summed E-state index contributed by atoms with van der Waals surface area (Å²) in [6.45, 7) is 3.44. The maximum absolute atomic E-state index is 13.3. The van der Waals surface area contributed by atoms with Gasteiger partial charge in [0.1, 0.15) is 5.82 Å². The second-order valence-corrected chi connectivity index (χ2v) is 5.56. The lowest BCUT2D eigenvalue weighted by atomic mass is 9.91. The van der Waals surface area contributed by atoms with E-state index in [9.17, 15) is 9.18 Å². The molecule has 1 aliphatic rings. The number of piperidine rings is 1. The maximum atomic E-state index is 13.3. The fourth-order valence-corrected chi connectivity index (χ4v) is 2.95. The van der Waals surface area contributed by atoms with Gasteiger partial charge in [-0.25, -0.2) is 9.18 Å². The Balaban J connectivity index is 2.16. The van der Waals surface area contributed by atoms with Crippen molar-refractivity contribution >= 4 is 6.03 Å². The molecular formula is C16H23FN2O3. The molecule has 1 aliphatic heterocycles. The summed E-state index contributed by atoms with van der Waals surface area (Å²) >= 11 is 0. The predicted molar refractivity (Wildman–Crippen MR) is 81.0 cm³/mol. The third-order valence-electron chi connectivity index (χ3n) is 4.07. The van der Waals surface area contributed by atoms with Gasteiger partial charge in [-0.15, -0.1) is 0 Å². The number of carbonyl (C=O) groups is 1. The van der Waals surface area contributed by atoms with Crippen LogP contribution in [0, 0.1) is 12.7 Å². The van der Waals surface area contributed by atoms with Crippen LogP contribution in [0.5, 0.6) is 0 Å². The highest BCUT2D eigenvalue weighted by molar-refractivity contribution is 5.73. The number of carbonyl (C=O) groups excluding carboxylic acids is 1. The Morgan fingerprint density at radius 1 is 1.45 bits per heavy atom. The van der Waals surface area contributed by atoms with Gasteiger partial charge >= 0.3 is 6.03 Å². The Labute approximate surface area is 130 Å². The van der Waals surface area contributed by atoms with Crippen molar-refractivity contribution < 1.29 is 18.7 Å². The molecule has 2 atom stereocenters. The van der Waals surface area contributed by atoms with Crippen LogP contribution in [0.25, 0.3) is 0 Å². The summed E-state index contributed by atoms with van der Waals surface area (Å²) < 4.78 is 24.1. The Morgan fingerprint density at radius 2 is 2.23 bits per heavy atom. The van der Waals surface area contributed by atoms with E-state index < -0.39 is 6.03 Å². The van der Waals surface area contributed by atoms with E-state index in [1.54, 1.807) is 18.1 Å². The van der Waals surface area contributed by atoms with Gasteiger partial charge in [-0.05, 0) is 43.0 Å². The number of aryl methyl sites for hydroxylation is 1. The van der Waals surface area contributed by atoms with E-state index in [2.05, 4.69) is 0 Å². The molecule has 22 heavy (non-hydrogen) atoms. The zero-order chi connectivity index (χ0) is 16.1. The number of methoxy groups -OCH3 is 1. The van der Waals surface area contributed by atoms with E-state index in [4.69, 9.17) is 15.2 Å². The van der Waals surface area contributed by atoms with E-state index >= 15 is 0 Å². The number of hydrogen-bond donors (Lipinski definition) is 1. The first kappa shape index (κ1) is 16.7. The van der Waals surface area contributed by atoms with Gasteiger partial charge in [0, 0.05) is 13.7 Å². The van der Waals surface area contributed by atoms with Gasteiger partial charge in [-0.1, -0.05) is 6.07 Å². The molecule has 6 heteroatoms. The van der Waals surface area contributed by atoms with E-state index in [1.807, 2.05) is 6.92 Å². The largest absolute Gasteiger partial charge is 0.382 e. The summed E-state index contributed by atoms with van der Waals surface area (Å²) in [5.74, 6) is -0.282. The van der Waals surface area contributed by atoms with Crippen LogP contribution < -0.4 is 5.73 Å². The van der Waals surface area contributed by atoms with Crippen LogP contribution in [-0.4, -0.2) is 43.9 Å². The average Bonchev–Trinajstić information content (AvgIpc) is 2.47. The Kier molecular flexibility index (Phi) is 5.74. The quantitative estimate of drug-likeness (QED) is 0.849. The third-order valence-corrected chi connectivity index (χ3v) is 4.07. The SMILES string of the molecule is COCCOC1CCN(C(N)=O)C(c2ccc(F)cc2C)C1. The molecule has 0 aromatic heterocycles. The highest BCUT2D eigenvalue weighted by atomic mass is 19.1. The number of rotatable bonds is 5. The smallest absolute Gasteiger partial charge is 0.315 e. The van der Waals surface area contributed by atoms with Crippen LogP contribution in [-0.2, 0) is 9.47 Å². The molecule has 5 nitrogen and oxygen atoms in total. The molecule has 0 saturated carbocycles. The number of likely N-dealkylation sites (tertiary alicyclic amines) is 1. The molecule has 1 aromatic rings. The van der Waals surface area contributed by atoms with Gasteiger partial charge < -0.3 is 20.1 Å². The average molecular weight is 310 g/mol. The summed E-state index contributed by atoms with van der Waals surface area (Å²) in [4.78, 5) is 13.3. The molecule has 1 heterocycles. The number of urea groups is 1. The summed E-state index contributed by atoms with van der Waals surface area (Å²) in [6, 6.07) is 3.98. The highest BCUT2D eigenvalue weighted by Gasteiger charge is 2.32. The first-order chi connectivity index (χ1) is 10.5. The fraction of sp³-hybridized carbons (Fsp3) is 0.562. The zero-order valence-corrected chi connectivity index (χ0v) is 13.0. The standard InChI is InChI=1S/C16H23FN2O3/c1-11-9-12(17)3-4-14(11)15-10-13(22-8-7-21-2)5-6-19(15)16(18)20/h3-4,9,13,15H,5-8,10H2,1-2H3,(H2,18,20).